The molecule has 3 rings (SSSR count). The van der Waals surface area contributed by atoms with Gasteiger partial charge in [0.1, 0.15) is 5.75 Å². The summed E-state index contributed by atoms with van der Waals surface area (Å²) in [6, 6.07) is 6.15. The van der Waals surface area contributed by atoms with Gasteiger partial charge in [0.05, 0.1) is 6.10 Å². The third kappa shape index (κ3) is 3.76. The molecule has 114 valence electrons. The zero-order valence-electron chi connectivity index (χ0n) is 12.4. The lowest BCUT2D eigenvalue weighted by Gasteiger charge is -2.19. The van der Waals surface area contributed by atoms with Gasteiger partial charge in [0.15, 0.2) is 6.61 Å². The van der Waals surface area contributed by atoms with E-state index in [0.29, 0.717) is 6.54 Å². The van der Waals surface area contributed by atoms with E-state index in [1.54, 1.807) is 0 Å². The molecule has 1 aromatic rings. The Bertz CT molecular complexity index is 495. The summed E-state index contributed by atoms with van der Waals surface area (Å²) >= 11 is 0. The Labute approximate surface area is 125 Å². The van der Waals surface area contributed by atoms with E-state index < -0.39 is 0 Å². The molecule has 1 aliphatic heterocycles. The van der Waals surface area contributed by atoms with E-state index in [4.69, 9.17) is 9.47 Å². The van der Waals surface area contributed by atoms with E-state index in [1.807, 2.05) is 12.1 Å². The van der Waals surface area contributed by atoms with Gasteiger partial charge in [0, 0.05) is 13.2 Å². The normalized spacial score (nSPS) is 20.9. The van der Waals surface area contributed by atoms with E-state index in [1.165, 1.54) is 24.0 Å². The molecular weight excluding hydrogens is 266 g/mol. The van der Waals surface area contributed by atoms with Crippen molar-refractivity contribution in [2.24, 2.45) is 0 Å². The van der Waals surface area contributed by atoms with E-state index in [0.717, 1.165) is 38.0 Å². The monoisotopic (exact) mass is 289 g/mol. The molecule has 21 heavy (non-hydrogen) atoms. The second-order valence-electron chi connectivity index (χ2n) is 5.83. The number of hydrogen-bond donors (Lipinski definition) is 1. The Balaban J connectivity index is 1.49. The SMILES string of the molecule is O=C(COc1cccc2c1CCCC2)NC[C@@H]1CCCO1. The third-order valence-corrected chi connectivity index (χ3v) is 4.26. The average Bonchev–Trinajstić information content (AvgIpc) is 3.04. The zero-order valence-corrected chi connectivity index (χ0v) is 12.4. The van der Waals surface area contributed by atoms with Crippen molar-refractivity contribution in [2.75, 3.05) is 19.8 Å². The molecule has 0 bridgehead atoms. The number of carbonyl (C=O) groups is 1. The van der Waals surface area contributed by atoms with Crippen molar-refractivity contribution in [3.63, 3.8) is 0 Å². The van der Waals surface area contributed by atoms with Crippen LogP contribution in [0.15, 0.2) is 18.2 Å². The molecule has 1 atom stereocenters. The van der Waals surface area contributed by atoms with Crippen molar-refractivity contribution in [3.05, 3.63) is 29.3 Å². The third-order valence-electron chi connectivity index (χ3n) is 4.26. The fraction of sp³-hybridized carbons (Fsp3) is 0.588. The molecule has 0 unspecified atom stereocenters. The van der Waals surface area contributed by atoms with Gasteiger partial charge in [-0.2, -0.15) is 0 Å². The van der Waals surface area contributed by atoms with Crippen molar-refractivity contribution in [3.8, 4) is 5.75 Å². The van der Waals surface area contributed by atoms with Crippen molar-refractivity contribution >= 4 is 5.91 Å². The van der Waals surface area contributed by atoms with Crippen LogP contribution in [-0.4, -0.2) is 31.8 Å². The molecule has 2 aliphatic rings. The topological polar surface area (TPSA) is 47.6 Å². The molecule has 1 aliphatic carbocycles. The zero-order chi connectivity index (χ0) is 14.5. The number of amides is 1. The van der Waals surface area contributed by atoms with Crippen LogP contribution in [0.5, 0.6) is 5.75 Å². The van der Waals surface area contributed by atoms with Crippen LogP contribution in [0.25, 0.3) is 0 Å². The van der Waals surface area contributed by atoms with Crippen LogP contribution < -0.4 is 10.1 Å². The molecular formula is C17H23NO3. The minimum atomic E-state index is -0.0705. The summed E-state index contributed by atoms with van der Waals surface area (Å²) in [6.45, 7) is 1.49. The van der Waals surface area contributed by atoms with E-state index in [2.05, 4.69) is 11.4 Å². The summed E-state index contributed by atoms with van der Waals surface area (Å²) in [7, 11) is 0. The van der Waals surface area contributed by atoms with Crippen LogP contribution in [0, 0.1) is 0 Å². The molecule has 1 aromatic carbocycles. The minimum absolute atomic E-state index is 0.0705. The summed E-state index contributed by atoms with van der Waals surface area (Å²) in [6.07, 6.45) is 6.94. The highest BCUT2D eigenvalue weighted by atomic mass is 16.5. The number of hydrogen-bond acceptors (Lipinski definition) is 3. The Morgan fingerprint density at radius 3 is 3.05 bits per heavy atom. The summed E-state index contributed by atoms with van der Waals surface area (Å²) in [5, 5.41) is 2.89. The standard InChI is InChI=1S/C17H23NO3/c19-17(18-11-14-7-4-10-20-14)12-21-16-9-3-6-13-5-1-2-8-15(13)16/h3,6,9,14H,1-2,4-5,7-8,10-12H2,(H,18,19)/t14-/m0/s1. The van der Waals surface area contributed by atoms with Gasteiger partial charge in [0.2, 0.25) is 0 Å². The minimum Gasteiger partial charge on any atom is -0.483 e. The van der Waals surface area contributed by atoms with Gasteiger partial charge in [0.25, 0.3) is 5.91 Å². The number of benzene rings is 1. The number of rotatable bonds is 5. The smallest absolute Gasteiger partial charge is 0.258 e. The molecule has 0 spiro atoms. The molecule has 0 aromatic heterocycles. The number of nitrogens with one attached hydrogen (secondary N) is 1. The molecule has 1 heterocycles. The Hall–Kier alpha value is -1.55. The molecule has 0 saturated carbocycles. The van der Waals surface area contributed by atoms with Crippen molar-refractivity contribution in [1.82, 2.24) is 5.32 Å². The Morgan fingerprint density at radius 1 is 1.29 bits per heavy atom. The largest absolute Gasteiger partial charge is 0.483 e. The second-order valence-corrected chi connectivity index (χ2v) is 5.83. The Morgan fingerprint density at radius 2 is 2.19 bits per heavy atom. The van der Waals surface area contributed by atoms with Crippen molar-refractivity contribution in [2.45, 2.75) is 44.6 Å². The van der Waals surface area contributed by atoms with Crippen molar-refractivity contribution < 1.29 is 14.3 Å². The molecule has 4 heteroatoms. The fourth-order valence-corrected chi connectivity index (χ4v) is 3.11. The van der Waals surface area contributed by atoms with Crippen LogP contribution in [-0.2, 0) is 22.4 Å². The van der Waals surface area contributed by atoms with Gasteiger partial charge in [-0.05, 0) is 55.7 Å². The van der Waals surface area contributed by atoms with Gasteiger partial charge >= 0.3 is 0 Å². The van der Waals surface area contributed by atoms with E-state index in [-0.39, 0.29) is 18.6 Å². The van der Waals surface area contributed by atoms with E-state index in [9.17, 15) is 4.79 Å². The van der Waals surface area contributed by atoms with Gasteiger partial charge in [-0.25, -0.2) is 0 Å². The predicted molar refractivity (Wildman–Crippen MR) is 80.6 cm³/mol. The highest BCUT2D eigenvalue weighted by Crippen LogP contribution is 2.29. The van der Waals surface area contributed by atoms with Gasteiger partial charge in [-0.15, -0.1) is 0 Å². The summed E-state index contributed by atoms with van der Waals surface area (Å²) in [4.78, 5) is 11.8. The molecule has 1 amide bonds. The predicted octanol–water partition coefficient (Wildman–Crippen LogP) is 2.24. The van der Waals surface area contributed by atoms with Crippen molar-refractivity contribution in [1.29, 1.82) is 0 Å². The average molecular weight is 289 g/mol. The number of fused-ring (bicyclic) bond motifs is 1. The lowest BCUT2D eigenvalue weighted by molar-refractivity contribution is -0.123. The first-order chi connectivity index (χ1) is 10.3. The van der Waals surface area contributed by atoms with Crippen LogP contribution in [0.4, 0.5) is 0 Å². The highest BCUT2D eigenvalue weighted by molar-refractivity contribution is 5.77. The molecule has 0 radical (unpaired) electrons. The lowest BCUT2D eigenvalue weighted by Crippen LogP contribution is -2.35. The number of ether oxygens (including phenoxy) is 2. The molecule has 1 saturated heterocycles. The van der Waals surface area contributed by atoms with Gasteiger partial charge < -0.3 is 14.8 Å². The van der Waals surface area contributed by atoms with Crippen LogP contribution in [0.3, 0.4) is 0 Å². The van der Waals surface area contributed by atoms with Crippen LogP contribution in [0.2, 0.25) is 0 Å². The lowest BCUT2D eigenvalue weighted by atomic mass is 9.91. The second kappa shape index (κ2) is 6.94. The maximum absolute atomic E-state index is 11.8. The molecule has 1 N–H and O–H groups in total. The van der Waals surface area contributed by atoms with Crippen LogP contribution in [0.1, 0.15) is 36.8 Å². The number of carbonyl (C=O) groups excluding carboxylic acids is 1. The molecule has 1 fully saturated rings. The maximum atomic E-state index is 11.8. The van der Waals surface area contributed by atoms with Gasteiger partial charge in [-0.3, -0.25) is 4.79 Å². The fourth-order valence-electron chi connectivity index (χ4n) is 3.11. The Kier molecular flexibility index (Phi) is 4.76. The quantitative estimate of drug-likeness (QED) is 0.904. The van der Waals surface area contributed by atoms with Gasteiger partial charge in [-0.1, -0.05) is 12.1 Å². The molecule has 4 nitrogen and oxygen atoms in total. The summed E-state index contributed by atoms with van der Waals surface area (Å²) in [5.74, 6) is 0.804. The first-order valence-corrected chi connectivity index (χ1v) is 7.95. The first-order valence-electron chi connectivity index (χ1n) is 7.95. The van der Waals surface area contributed by atoms with E-state index >= 15 is 0 Å². The summed E-state index contributed by atoms with van der Waals surface area (Å²) in [5.41, 5.74) is 2.66. The first kappa shape index (κ1) is 14.4. The van der Waals surface area contributed by atoms with Crippen LogP contribution >= 0.6 is 0 Å². The highest BCUT2D eigenvalue weighted by Gasteiger charge is 2.17. The number of aryl methyl sites for hydroxylation is 1. The maximum Gasteiger partial charge on any atom is 0.258 e. The summed E-state index contributed by atoms with van der Waals surface area (Å²) < 4.78 is 11.2.